The fraction of sp³-hybridized carbons (Fsp3) is 0.412. The molecule has 0 bridgehead atoms. The number of pyridine rings is 1. The lowest BCUT2D eigenvalue weighted by molar-refractivity contribution is -0.129. The Balaban J connectivity index is 1.79. The predicted molar refractivity (Wildman–Crippen MR) is 87.6 cm³/mol. The Morgan fingerprint density at radius 3 is 2.76 bits per heavy atom. The van der Waals surface area contributed by atoms with E-state index in [1.807, 2.05) is 30.0 Å². The molecule has 2 aromatic rings. The van der Waals surface area contributed by atoms with Gasteiger partial charge >= 0.3 is 0 Å². The van der Waals surface area contributed by atoms with Gasteiger partial charge in [-0.1, -0.05) is 30.0 Å². The zero-order chi connectivity index (χ0) is 14.8. The van der Waals surface area contributed by atoms with Gasteiger partial charge in [-0.25, -0.2) is 4.98 Å². The first-order valence-electron chi connectivity index (χ1n) is 7.47. The maximum absolute atomic E-state index is 12.4. The summed E-state index contributed by atoms with van der Waals surface area (Å²) >= 11 is 1.57. The Morgan fingerprint density at radius 2 is 2.00 bits per heavy atom. The summed E-state index contributed by atoms with van der Waals surface area (Å²) in [5, 5.41) is 2.04. The molecule has 0 unspecified atom stereocenters. The van der Waals surface area contributed by atoms with E-state index in [9.17, 15) is 4.79 Å². The quantitative estimate of drug-likeness (QED) is 0.811. The molecule has 1 saturated heterocycles. The number of hydrogen-bond acceptors (Lipinski definition) is 3. The Morgan fingerprint density at radius 1 is 1.29 bits per heavy atom. The maximum Gasteiger partial charge on any atom is 0.235 e. The number of carbonyl (C=O) groups excluding carboxylic acids is 1. The van der Waals surface area contributed by atoms with Gasteiger partial charge < -0.3 is 4.90 Å². The Kier molecular flexibility index (Phi) is 4.15. The minimum Gasteiger partial charge on any atom is -0.342 e. The third-order valence-corrected chi connectivity index (χ3v) is 4.97. The van der Waals surface area contributed by atoms with Crippen LogP contribution >= 0.6 is 11.8 Å². The number of fused-ring (bicyclic) bond motifs is 1. The van der Waals surface area contributed by atoms with Crippen molar-refractivity contribution in [2.75, 3.05) is 13.1 Å². The van der Waals surface area contributed by atoms with Crippen LogP contribution in [0.15, 0.2) is 35.4 Å². The topological polar surface area (TPSA) is 33.2 Å². The molecule has 0 saturated carbocycles. The van der Waals surface area contributed by atoms with Crippen LogP contribution in [0.3, 0.4) is 0 Å². The maximum atomic E-state index is 12.4. The van der Waals surface area contributed by atoms with Gasteiger partial charge in [0, 0.05) is 18.5 Å². The smallest absolute Gasteiger partial charge is 0.235 e. The van der Waals surface area contributed by atoms with Crippen molar-refractivity contribution in [3.63, 3.8) is 0 Å². The summed E-state index contributed by atoms with van der Waals surface area (Å²) in [5.41, 5.74) is 2.21. The number of nitrogens with zero attached hydrogens (tertiary/aromatic N) is 2. The van der Waals surface area contributed by atoms with Gasteiger partial charge in [0.25, 0.3) is 0 Å². The van der Waals surface area contributed by atoms with E-state index in [0.29, 0.717) is 0 Å². The summed E-state index contributed by atoms with van der Waals surface area (Å²) in [6.45, 7) is 5.90. The van der Waals surface area contributed by atoms with Crippen LogP contribution in [0, 0.1) is 6.92 Å². The van der Waals surface area contributed by atoms with Crippen molar-refractivity contribution in [3.8, 4) is 0 Å². The standard InChI is InChI=1S/C17H20N2OS/c1-12-11-16(18-15-8-4-3-7-14(12)15)21-13(2)17(20)19-9-5-6-10-19/h3-4,7-8,11,13H,5-6,9-10H2,1-2H3/t13-/m1/s1. The molecular weight excluding hydrogens is 280 g/mol. The molecule has 1 amide bonds. The van der Waals surface area contributed by atoms with Gasteiger partial charge in [0.05, 0.1) is 15.8 Å². The first kappa shape index (κ1) is 14.4. The largest absolute Gasteiger partial charge is 0.342 e. The van der Waals surface area contributed by atoms with Gasteiger partial charge in [0.2, 0.25) is 5.91 Å². The van der Waals surface area contributed by atoms with Gasteiger partial charge in [-0.05, 0) is 44.4 Å². The van der Waals surface area contributed by atoms with Crippen LogP contribution in [-0.4, -0.2) is 34.1 Å². The second-order valence-corrected chi connectivity index (χ2v) is 6.95. The molecule has 0 N–H and O–H groups in total. The molecule has 21 heavy (non-hydrogen) atoms. The van der Waals surface area contributed by atoms with Gasteiger partial charge in [0.15, 0.2) is 0 Å². The van der Waals surface area contributed by atoms with Crippen molar-refractivity contribution in [3.05, 3.63) is 35.9 Å². The van der Waals surface area contributed by atoms with Crippen LogP contribution in [0.5, 0.6) is 0 Å². The average Bonchev–Trinajstić information content (AvgIpc) is 3.00. The van der Waals surface area contributed by atoms with Crippen LogP contribution in [0.4, 0.5) is 0 Å². The van der Waals surface area contributed by atoms with Crippen molar-refractivity contribution >= 4 is 28.6 Å². The molecule has 110 valence electrons. The first-order valence-corrected chi connectivity index (χ1v) is 8.35. The minimum atomic E-state index is -0.0730. The summed E-state index contributed by atoms with van der Waals surface area (Å²) < 4.78 is 0. The van der Waals surface area contributed by atoms with Crippen molar-refractivity contribution < 1.29 is 4.79 Å². The van der Waals surface area contributed by atoms with Crippen LogP contribution < -0.4 is 0 Å². The Hall–Kier alpha value is -1.55. The monoisotopic (exact) mass is 300 g/mol. The molecule has 1 aromatic carbocycles. The normalized spacial score (nSPS) is 16.4. The zero-order valence-electron chi connectivity index (χ0n) is 12.5. The van der Waals surface area contributed by atoms with Crippen molar-refractivity contribution in [2.24, 2.45) is 0 Å². The van der Waals surface area contributed by atoms with E-state index in [1.165, 1.54) is 10.9 Å². The molecule has 0 radical (unpaired) electrons. The van der Waals surface area contributed by atoms with E-state index in [1.54, 1.807) is 11.8 Å². The number of aryl methyl sites for hydroxylation is 1. The lowest BCUT2D eigenvalue weighted by Crippen LogP contribution is -2.34. The van der Waals surface area contributed by atoms with Crippen molar-refractivity contribution in [1.82, 2.24) is 9.88 Å². The molecular formula is C17H20N2OS. The number of aromatic nitrogens is 1. The number of hydrogen-bond donors (Lipinski definition) is 0. The van der Waals surface area contributed by atoms with E-state index < -0.39 is 0 Å². The molecule has 0 aliphatic carbocycles. The number of carbonyl (C=O) groups is 1. The van der Waals surface area contributed by atoms with Crippen LogP contribution in [-0.2, 0) is 4.79 Å². The molecule has 1 aromatic heterocycles. The average molecular weight is 300 g/mol. The summed E-state index contributed by atoms with van der Waals surface area (Å²) in [5.74, 6) is 0.241. The third kappa shape index (κ3) is 3.05. The lowest BCUT2D eigenvalue weighted by atomic mass is 10.1. The SMILES string of the molecule is Cc1cc(S[C@H](C)C(=O)N2CCCC2)nc2ccccc12. The minimum absolute atomic E-state index is 0.0730. The van der Waals surface area contributed by atoms with E-state index >= 15 is 0 Å². The number of benzene rings is 1. The number of thioether (sulfide) groups is 1. The highest BCUT2D eigenvalue weighted by Crippen LogP contribution is 2.28. The Bertz CT molecular complexity index is 665. The molecule has 3 rings (SSSR count). The molecule has 4 heteroatoms. The number of likely N-dealkylation sites (tertiary alicyclic amines) is 1. The van der Waals surface area contributed by atoms with Crippen molar-refractivity contribution in [1.29, 1.82) is 0 Å². The number of amides is 1. The van der Waals surface area contributed by atoms with Crippen LogP contribution in [0.25, 0.3) is 10.9 Å². The molecule has 3 nitrogen and oxygen atoms in total. The predicted octanol–water partition coefficient (Wildman–Crippen LogP) is 3.65. The number of para-hydroxylation sites is 1. The molecule has 2 heterocycles. The summed E-state index contributed by atoms with van der Waals surface area (Å²) in [6.07, 6.45) is 2.27. The Labute approximate surface area is 129 Å². The molecule has 1 aliphatic rings. The fourth-order valence-corrected chi connectivity index (χ4v) is 3.81. The van der Waals surface area contributed by atoms with E-state index in [4.69, 9.17) is 0 Å². The van der Waals surface area contributed by atoms with E-state index in [2.05, 4.69) is 24.0 Å². The zero-order valence-corrected chi connectivity index (χ0v) is 13.3. The fourth-order valence-electron chi connectivity index (χ4n) is 2.81. The van der Waals surface area contributed by atoms with Gasteiger partial charge in [-0.3, -0.25) is 4.79 Å². The van der Waals surface area contributed by atoms with Crippen molar-refractivity contribution in [2.45, 2.75) is 37.0 Å². The van der Waals surface area contributed by atoms with Gasteiger partial charge in [0.1, 0.15) is 0 Å². The number of rotatable bonds is 3. The first-order chi connectivity index (χ1) is 10.1. The van der Waals surface area contributed by atoms with E-state index in [-0.39, 0.29) is 11.2 Å². The molecule has 1 fully saturated rings. The second kappa shape index (κ2) is 6.06. The lowest BCUT2D eigenvalue weighted by Gasteiger charge is -2.19. The highest BCUT2D eigenvalue weighted by atomic mass is 32.2. The van der Waals surface area contributed by atoms with Crippen LogP contribution in [0.2, 0.25) is 0 Å². The summed E-state index contributed by atoms with van der Waals surface area (Å²) in [6, 6.07) is 10.2. The summed E-state index contributed by atoms with van der Waals surface area (Å²) in [7, 11) is 0. The second-order valence-electron chi connectivity index (χ2n) is 5.59. The highest BCUT2D eigenvalue weighted by Gasteiger charge is 2.24. The third-order valence-electron chi connectivity index (χ3n) is 3.96. The van der Waals surface area contributed by atoms with Gasteiger partial charge in [-0.2, -0.15) is 0 Å². The van der Waals surface area contributed by atoms with Crippen LogP contribution in [0.1, 0.15) is 25.3 Å². The molecule has 0 spiro atoms. The highest BCUT2D eigenvalue weighted by molar-refractivity contribution is 8.00. The molecule has 1 atom stereocenters. The van der Waals surface area contributed by atoms with E-state index in [0.717, 1.165) is 36.5 Å². The summed E-state index contributed by atoms with van der Waals surface area (Å²) in [4.78, 5) is 19.0. The molecule has 1 aliphatic heterocycles. The van der Waals surface area contributed by atoms with Gasteiger partial charge in [-0.15, -0.1) is 0 Å².